The topological polar surface area (TPSA) is 58.1 Å². The van der Waals surface area contributed by atoms with Gasteiger partial charge in [0, 0.05) is 23.5 Å². The number of halogens is 2. The molecule has 0 bridgehead atoms. The highest BCUT2D eigenvalue weighted by Gasteiger charge is 2.24. The van der Waals surface area contributed by atoms with Crippen molar-refractivity contribution >= 4 is 29.2 Å². The quantitative estimate of drug-likeness (QED) is 0.913. The van der Waals surface area contributed by atoms with Gasteiger partial charge in [-0.2, -0.15) is 0 Å². The van der Waals surface area contributed by atoms with E-state index < -0.39 is 0 Å². The standard InChI is InChI=1S/C14H14ClFN4OS/c1-8(13-7-22-19-18-13)17-14(21)20-3-2-11-9(6-20)4-10(16)5-12(11)15/h4-5,7-8H,2-3,6H2,1H3,(H,17,21). The van der Waals surface area contributed by atoms with Gasteiger partial charge < -0.3 is 10.2 Å². The van der Waals surface area contributed by atoms with Crippen LogP contribution in [0, 0.1) is 5.82 Å². The third kappa shape index (κ3) is 3.05. The van der Waals surface area contributed by atoms with Crippen LogP contribution in [0.4, 0.5) is 9.18 Å². The molecule has 0 saturated heterocycles. The van der Waals surface area contributed by atoms with Crippen molar-refractivity contribution in [2.75, 3.05) is 6.54 Å². The average Bonchev–Trinajstić information content (AvgIpc) is 3.00. The van der Waals surface area contributed by atoms with Crippen LogP contribution in [0.25, 0.3) is 0 Å². The maximum atomic E-state index is 13.5. The van der Waals surface area contributed by atoms with Gasteiger partial charge in [0.15, 0.2) is 0 Å². The molecule has 1 aromatic heterocycles. The molecule has 0 aliphatic carbocycles. The van der Waals surface area contributed by atoms with Crippen LogP contribution in [0.15, 0.2) is 17.5 Å². The molecule has 2 aromatic rings. The molecular formula is C14H14ClFN4OS. The second kappa shape index (κ2) is 6.18. The first-order chi connectivity index (χ1) is 10.5. The normalized spacial score (nSPS) is 15.3. The maximum Gasteiger partial charge on any atom is 0.318 e. The largest absolute Gasteiger partial charge is 0.330 e. The Kier molecular flexibility index (Phi) is 4.26. The minimum atomic E-state index is -0.382. The van der Waals surface area contributed by atoms with Gasteiger partial charge in [-0.05, 0) is 48.1 Å². The molecule has 22 heavy (non-hydrogen) atoms. The molecule has 1 atom stereocenters. The van der Waals surface area contributed by atoms with Crippen LogP contribution in [0.1, 0.15) is 29.8 Å². The molecule has 2 amide bonds. The summed E-state index contributed by atoms with van der Waals surface area (Å²) in [5.74, 6) is -0.382. The number of carbonyl (C=O) groups excluding carboxylic acids is 1. The second-order valence-electron chi connectivity index (χ2n) is 5.20. The first kappa shape index (κ1) is 15.2. The monoisotopic (exact) mass is 340 g/mol. The van der Waals surface area contributed by atoms with Crippen LogP contribution in [0.2, 0.25) is 5.02 Å². The van der Waals surface area contributed by atoms with Gasteiger partial charge in [-0.25, -0.2) is 9.18 Å². The lowest BCUT2D eigenvalue weighted by Crippen LogP contribution is -2.43. The molecule has 1 N–H and O–H groups in total. The number of benzene rings is 1. The molecule has 1 unspecified atom stereocenters. The Morgan fingerprint density at radius 3 is 3.09 bits per heavy atom. The highest BCUT2D eigenvalue weighted by atomic mass is 35.5. The van der Waals surface area contributed by atoms with Crippen LogP contribution in [0.3, 0.4) is 0 Å². The smallest absolute Gasteiger partial charge is 0.318 e. The molecule has 0 fully saturated rings. The van der Waals surface area contributed by atoms with Crippen LogP contribution in [0.5, 0.6) is 0 Å². The van der Waals surface area contributed by atoms with Gasteiger partial charge in [-0.3, -0.25) is 0 Å². The average molecular weight is 341 g/mol. The Hall–Kier alpha value is -1.73. The molecule has 1 aliphatic heterocycles. The minimum Gasteiger partial charge on any atom is -0.330 e. The number of nitrogens with one attached hydrogen (secondary N) is 1. The summed E-state index contributed by atoms with van der Waals surface area (Å²) in [5.41, 5.74) is 2.41. The van der Waals surface area contributed by atoms with Crippen molar-refractivity contribution in [2.45, 2.75) is 25.9 Å². The van der Waals surface area contributed by atoms with Crippen LogP contribution < -0.4 is 5.32 Å². The highest BCUT2D eigenvalue weighted by Crippen LogP contribution is 2.27. The number of aromatic nitrogens is 2. The van der Waals surface area contributed by atoms with Gasteiger partial charge in [-0.1, -0.05) is 16.1 Å². The number of carbonyl (C=O) groups is 1. The van der Waals surface area contributed by atoms with Gasteiger partial charge in [0.2, 0.25) is 0 Å². The lowest BCUT2D eigenvalue weighted by molar-refractivity contribution is 0.189. The van der Waals surface area contributed by atoms with Crippen molar-refractivity contribution in [1.29, 1.82) is 0 Å². The molecule has 1 aromatic carbocycles. The molecule has 0 radical (unpaired) electrons. The van der Waals surface area contributed by atoms with E-state index in [9.17, 15) is 9.18 Å². The summed E-state index contributed by atoms with van der Waals surface area (Å²) < 4.78 is 17.2. The lowest BCUT2D eigenvalue weighted by Gasteiger charge is -2.30. The second-order valence-corrected chi connectivity index (χ2v) is 6.21. The van der Waals surface area contributed by atoms with Crippen molar-refractivity contribution < 1.29 is 9.18 Å². The van der Waals surface area contributed by atoms with Gasteiger partial charge in [0.25, 0.3) is 0 Å². The van der Waals surface area contributed by atoms with E-state index in [2.05, 4.69) is 14.9 Å². The molecule has 2 heterocycles. The third-order valence-electron chi connectivity index (χ3n) is 3.69. The van der Waals surface area contributed by atoms with Crippen LogP contribution in [-0.4, -0.2) is 27.1 Å². The van der Waals surface area contributed by atoms with Crippen LogP contribution >= 0.6 is 23.1 Å². The molecule has 0 spiro atoms. The van der Waals surface area contributed by atoms with Gasteiger partial charge in [-0.15, -0.1) is 5.10 Å². The number of amides is 2. The molecular weight excluding hydrogens is 327 g/mol. The lowest BCUT2D eigenvalue weighted by atomic mass is 10.00. The molecule has 8 heteroatoms. The predicted octanol–water partition coefficient (Wildman–Crippen LogP) is 3.16. The zero-order chi connectivity index (χ0) is 15.7. The summed E-state index contributed by atoms with van der Waals surface area (Å²) in [6, 6.07) is 2.33. The number of fused-ring (bicyclic) bond motifs is 1. The maximum absolute atomic E-state index is 13.5. The van der Waals surface area contributed by atoms with E-state index >= 15 is 0 Å². The molecule has 5 nitrogen and oxygen atoms in total. The zero-order valence-electron chi connectivity index (χ0n) is 11.8. The SMILES string of the molecule is CC(NC(=O)N1CCc2c(Cl)cc(F)cc2C1)c1csnn1. The first-order valence-electron chi connectivity index (χ1n) is 6.84. The fourth-order valence-corrected chi connectivity index (χ4v) is 3.36. The molecule has 1 aliphatic rings. The third-order valence-corrected chi connectivity index (χ3v) is 4.55. The van der Waals surface area contributed by atoms with E-state index in [4.69, 9.17) is 11.6 Å². The molecule has 3 rings (SSSR count). The van der Waals surface area contributed by atoms with Gasteiger partial charge >= 0.3 is 6.03 Å². The summed E-state index contributed by atoms with van der Waals surface area (Å²) in [7, 11) is 0. The summed E-state index contributed by atoms with van der Waals surface area (Å²) in [6.07, 6.45) is 0.620. The predicted molar refractivity (Wildman–Crippen MR) is 82.4 cm³/mol. The Morgan fingerprint density at radius 1 is 1.55 bits per heavy atom. The fraction of sp³-hybridized carbons (Fsp3) is 0.357. The van der Waals surface area contributed by atoms with Gasteiger partial charge in [0.05, 0.1) is 11.7 Å². The number of nitrogens with zero attached hydrogens (tertiary/aromatic N) is 3. The number of rotatable bonds is 2. The van der Waals surface area contributed by atoms with Crippen molar-refractivity contribution in [3.63, 3.8) is 0 Å². The van der Waals surface area contributed by atoms with Crippen molar-refractivity contribution in [3.8, 4) is 0 Å². The highest BCUT2D eigenvalue weighted by molar-refractivity contribution is 7.03. The zero-order valence-corrected chi connectivity index (χ0v) is 13.4. The number of hydrogen-bond donors (Lipinski definition) is 1. The summed E-state index contributed by atoms with van der Waals surface area (Å²) in [5, 5.41) is 9.04. The molecule has 0 saturated carbocycles. The van der Waals surface area contributed by atoms with Gasteiger partial charge in [0.1, 0.15) is 5.82 Å². The summed E-state index contributed by atoms with van der Waals surface area (Å²) in [6.45, 7) is 2.75. The van der Waals surface area contributed by atoms with Crippen molar-refractivity contribution in [3.05, 3.63) is 45.2 Å². The van der Waals surface area contributed by atoms with Crippen LogP contribution in [-0.2, 0) is 13.0 Å². The molecule has 116 valence electrons. The van der Waals surface area contributed by atoms with E-state index in [0.717, 1.165) is 16.8 Å². The Labute approximate surface area is 136 Å². The summed E-state index contributed by atoms with van der Waals surface area (Å²) in [4.78, 5) is 14.0. The van der Waals surface area contributed by atoms with Crippen molar-refractivity contribution in [1.82, 2.24) is 19.8 Å². The van der Waals surface area contributed by atoms with Crippen molar-refractivity contribution in [2.24, 2.45) is 0 Å². The minimum absolute atomic E-state index is 0.202. The van der Waals surface area contributed by atoms with E-state index in [1.54, 1.807) is 10.3 Å². The van der Waals surface area contributed by atoms with E-state index in [0.29, 0.717) is 24.5 Å². The number of urea groups is 1. The fourth-order valence-electron chi connectivity index (χ4n) is 2.49. The first-order valence-corrected chi connectivity index (χ1v) is 8.05. The summed E-state index contributed by atoms with van der Waals surface area (Å²) >= 11 is 7.30. The Morgan fingerprint density at radius 2 is 2.36 bits per heavy atom. The number of hydrogen-bond acceptors (Lipinski definition) is 4. The van der Waals surface area contributed by atoms with E-state index in [1.165, 1.54) is 23.7 Å². The van der Waals surface area contributed by atoms with E-state index in [1.807, 2.05) is 6.92 Å². The Balaban J connectivity index is 1.70. The van der Waals surface area contributed by atoms with E-state index in [-0.39, 0.29) is 17.9 Å². The Bertz CT molecular complexity index is 694.